The molecule has 0 atom stereocenters. The highest BCUT2D eigenvalue weighted by Gasteiger charge is 2.17. The quantitative estimate of drug-likeness (QED) is 0.103. The van der Waals surface area contributed by atoms with Crippen molar-refractivity contribution in [3.8, 4) is 6.07 Å². The molecule has 0 heterocycles. The van der Waals surface area contributed by atoms with Gasteiger partial charge >= 0.3 is 10.1 Å². The first-order valence-corrected chi connectivity index (χ1v) is 14.8. The smallest absolute Gasteiger partial charge is 0.263 e. The van der Waals surface area contributed by atoms with Crippen molar-refractivity contribution >= 4 is 27.6 Å². The molecule has 0 saturated heterocycles. The lowest BCUT2D eigenvalue weighted by Crippen LogP contribution is -2.06. The lowest BCUT2D eigenvalue weighted by Gasteiger charge is -2.06. The Hall–Kier alpha value is -2.30. The second-order valence-corrected chi connectivity index (χ2v) is 10.8. The highest BCUT2D eigenvalue weighted by atomic mass is 32.2. The zero-order chi connectivity index (χ0) is 24.7. The first kappa shape index (κ1) is 27.9. The van der Waals surface area contributed by atoms with Crippen LogP contribution >= 0.6 is 11.8 Å². The minimum Gasteiger partial charge on any atom is -0.263 e. The van der Waals surface area contributed by atoms with Gasteiger partial charge in [-0.05, 0) is 48.9 Å². The van der Waals surface area contributed by atoms with Gasteiger partial charge in [-0.2, -0.15) is 13.7 Å². The average Bonchev–Trinajstić information content (AvgIpc) is 2.86. The van der Waals surface area contributed by atoms with E-state index in [1.807, 2.05) is 36.6 Å². The molecule has 0 bridgehead atoms. The van der Waals surface area contributed by atoms with Gasteiger partial charge in [-0.25, -0.2) is 0 Å². The maximum Gasteiger partial charge on any atom is 0.358 e. The van der Waals surface area contributed by atoms with Crippen LogP contribution in [0.3, 0.4) is 0 Å². The monoisotopic (exact) mass is 500 g/mol. The van der Waals surface area contributed by atoms with Gasteiger partial charge in [0.05, 0.1) is 0 Å². The summed E-state index contributed by atoms with van der Waals surface area (Å²) in [6.45, 7) is 2.24. The molecule has 7 heteroatoms. The highest BCUT2D eigenvalue weighted by Crippen LogP contribution is 2.18. The first-order valence-electron chi connectivity index (χ1n) is 12.1. The molecular formula is C27H36N2O3S2. The van der Waals surface area contributed by atoms with Gasteiger partial charge in [0.1, 0.15) is 11.0 Å². The van der Waals surface area contributed by atoms with Crippen LogP contribution in [0, 0.1) is 11.3 Å². The molecule has 0 saturated carbocycles. The van der Waals surface area contributed by atoms with Crippen LogP contribution in [0.4, 0.5) is 0 Å². The third-order valence-corrected chi connectivity index (χ3v) is 7.59. The van der Waals surface area contributed by atoms with Crippen molar-refractivity contribution in [3.05, 3.63) is 59.7 Å². The number of hydrogen-bond donors (Lipinski definition) is 0. The Morgan fingerprint density at radius 3 is 1.97 bits per heavy atom. The molecule has 0 aliphatic heterocycles. The van der Waals surface area contributed by atoms with Gasteiger partial charge in [0.25, 0.3) is 0 Å². The Bertz CT molecular complexity index is 1030. The van der Waals surface area contributed by atoms with Crippen molar-refractivity contribution < 1.29 is 12.7 Å². The van der Waals surface area contributed by atoms with Crippen molar-refractivity contribution in [2.24, 2.45) is 5.16 Å². The third kappa shape index (κ3) is 9.90. The molecule has 0 aromatic heterocycles. The fourth-order valence-electron chi connectivity index (χ4n) is 3.66. The van der Waals surface area contributed by atoms with E-state index >= 15 is 0 Å². The van der Waals surface area contributed by atoms with Crippen LogP contribution in [-0.2, 0) is 20.8 Å². The molecule has 2 rings (SSSR count). The predicted octanol–water partition coefficient (Wildman–Crippen LogP) is 7.51. The Kier molecular flexibility index (Phi) is 12.8. The number of rotatable bonds is 16. The highest BCUT2D eigenvalue weighted by molar-refractivity contribution is 7.98. The zero-order valence-electron chi connectivity index (χ0n) is 20.3. The summed E-state index contributed by atoms with van der Waals surface area (Å²) in [5.74, 6) is 0. The van der Waals surface area contributed by atoms with Gasteiger partial charge in [-0.15, -0.1) is 11.8 Å². The van der Waals surface area contributed by atoms with Gasteiger partial charge in [0, 0.05) is 10.5 Å². The standard InChI is InChI=1S/C27H36N2O3S2/c1-3-4-5-6-7-8-9-10-11-12-13-23-14-20-26(21-15-23)34(30,31)32-29-27(22-28)24-16-18-25(33-2)19-17-24/h14-21H,3-13H2,1-2H3. The van der Waals surface area contributed by atoms with E-state index in [1.165, 1.54) is 69.9 Å². The molecule has 5 nitrogen and oxygen atoms in total. The van der Waals surface area contributed by atoms with Crippen molar-refractivity contribution in [1.82, 2.24) is 0 Å². The molecule has 0 aliphatic rings. The Morgan fingerprint density at radius 1 is 0.882 bits per heavy atom. The second-order valence-electron chi connectivity index (χ2n) is 8.38. The van der Waals surface area contributed by atoms with E-state index < -0.39 is 10.1 Å². The molecule has 34 heavy (non-hydrogen) atoms. The van der Waals surface area contributed by atoms with E-state index in [2.05, 4.69) is 12.1 Å². The summed E-state index contributed by atoms with van der Waals surface area (Å²) in [6, 6.07) is 15.7. The van der Waals surface area contributed by atoms with Gasteiger partial charge in [-0.3, -0.25) is 4.28 Å². The molecule has 0 amide bonds. The number of aryl methyl sites for hydroxylation is 1. The second kappa shape index (κ2) is 15.6. The van der Waals surface area contributed by atoms with E-state index in [0.29, 0.717) is 5.56 Å². The molecule has 0 radical (unpaired) electrons. The lowest BCUT2D eigenvalue weighted by atomic mass is 10.0. The van der Waals surface area contributed by atoms with E-state index in [0.717, 1.165) is 23.3 Å². The minimum atomic E-state index is -4.09. The Labute approximate surface area is 209 Å². The summed E-state index contributed by atoms with van der Waals surface area (Å²) in [6.07, 6.45) is 15.8. The molecule has 0 aliphatic carbocycles. The van der Waals surface area contributed by atoms with Crippen molar-refractivity contribution in [1.29, 1.82) is 5.26 Å². The average molecular weight is 501 g/mol. The number of hydrogen-bond acceptors (Lipinski definition) is 6. The SMILES string of the molecule is CCCCCCCCCCCCc1ccc(S(=O)(=O)ON=C(C#N)c2ccc(SC)cc2)cc1. The molecule has 0 unspecified atom stereocenters. The van der Waals surface area contributed by atoms with E-state index in [9.17, 15) is 13.7 Å². The van der Waals surface area contributed by atoms with Crippen LogP contribution in [0.5, 0.6) is 0 Å². The van der Waals surface area contributed by atoms with E-state index in [4.69, 9.17) is 4.28 Å². The zero-order valence-corrected chi connectivity index (χ0v) is 22.0. The van der Waals surface area contributed by atoms with Crippen LogP contribution in [-0.4, -0.2) is 20.4 Å². The predicted molar refractivity (Wildman–Crippen MR) is 141 cm³/mol. The molecule has 2 aromatic rings. The maximum atomic E-state index is 12.5. The summed E-state index contributed by atoms with van der Waals surface area (Å²) in [5.41, 5.74) is 1.52. The summed E-state index contributed by atoms with van der Waals surface area (Å²) in [5, 5.41) is 12.9. The van der Waals surface area contributed by atoms with Crippen LogP contribution in [0.1, 0.15) is 82.3 Å². The Morgan fingerprint density at radius 2 is 1.44 bits per heavy atom. The van der Waals surface area contributed by atoms with Gasteiger partial charge in [0.15, 0.2) is 5.71 Å². The minimum absolute atomic E-state index is 0.0260. The molecule has 0 N–H and O–H groups in total. The van der Waals surface area contributed by atoms with Crippen molar-refractivity contribution in [2.45, 2.75) is 87.3 Å². The van der Waals surface area contributed by atoms with Gasteiger partial charge in [-0.1, -0.05) is 94.1 Å². The number of oxime groups is 1. The fourth-order valence-corrected chi connectivity index (χ4v) is 4.79. The van der Waals surface area contributed by atoms with E-state index in [1.54, 1.807) is 23.9 Å². The molecule has 2 aromatic carbocycles. The summed E-state index contributed by atoms with van der Waals surface area (Å²) in [4.78, 5) is 1.06. The molecular weight excluding hydrogens is 464 g/mol. The summed E-state index contributed by atoms with van der Waals surface area (Å²) >= 11 is 1.57. The van der Waals surface area contributed by atoms with Gasteiger partial charge < -0.3 is 0 Å². The van der Waals surface area contributed by atoms with Gasteiger partial charge in [0.2, 0.25) is 0 Å². The first-order chi connectivity index (χ1) is 16.5. The van der Waals surface area contributed by atoms with Crippen LogP contribution < -0.4 is 0 Å². The number of nitrogens with zero attached hydrogens (tertiary/aromatic N) is 2. The normalized spacial score (nSPS) is 11.9. The summed E-state index contributed by atoms with van der Waals surface area (Å²) in [7, 11) is -4.09. The third-order valence-electron chi connectivity index (χ3n) is 5.73. The van der Waals surface area contributed by atoms with Crippen LogP contribution in [0.2, 0.25) is 0 Å². The van der Waals surface area contributed by atoms with E-state index in [-0.39, 0.29) is 10.6 Å². The summed E-state index contributed by atoms with van der Waals surface area (Å²) < 4.78 is 29.8. The van der Waals surface area contributed by atoms with Crippen molar-refractivity contribution in [2.75, 3.05) is 6.26 Å². The number of benzene rings is 2. The van der Waals surface area contributed by atoms with Crippen LogP contribution in [0.25, 0.3) is 0 Å². The number of unbranched alkanes of at least 4 members (excludes halogenated alkanes) is 9. The number of nitriles is 1. The van der Waals surface area contributed by atoms with Crippen LogP contribution in [0.15, 0.2) is 63.5 Å². The molecule has 184 valence electrons. The topological polar surface area (TPSA) is 79.5 Å². The Balaban J connectivity index is 1.79. The maximum absolute atomic E-state index is 12.5. The molecule has 0 fully saturated rings. The number of thioether (sulfide) groups is 1. The largest absolute Gasteiger partial charge is 0.358 e. The lowest BCUT2D eigenvalue weighted by molar-refractivity contribution is 0.339. The molecule has 0 spiro atoms. The fraction of sp³-hybridized carbons (Fsp3) is 0.481. The van der Waals surface area contributed by atoms with Crippen molar-refractivity contribution in [3.63, 3.8) is 0 Å².